The quantitative estimate of drug-likeness (QED) is 0.683. The lowest BCUT2D eigenvalue weighted by atomic mass is 10.1. The van der Waals surface area contributed by atoms with Gasteiger partial charge in [0.2, 0.25) is 0 Å². The zero-order valence-electron chi connectivity index (χ0n) is 17.0. The standard InChI is InChI=1S/C21H25ClN4O4/c1-13-7-9-15(10-8-13)11-26-19(22)18(14(2)25-26)20(28)30-12-17(27)24-21(29)23-16-5-3-4-6-16/h7-10,16H,3-6,11-12H2,1-2H3,(H2,23,24,27,29). The molecule has 9 heteroatoms. The summed E-state index contributed by atoms with van der Waals surface area (Å²) in [6.07, 6.45) is 3.93. The Balaban J connectivity index is 1.54. The van der Waals surface area contributed by atoms with Gasteiger partial charge < -0.3 is 10.1 Å². The fourth-order valence-electron chi connectivity index (χ4n) is 3.41. The Morgan fingerprint density at radius 1 is 1.17 bits per heavy atom. The van der Waals surface area contributed by atoms with Crippen LogP contribution in [0.5, 0.6) is 0 Å². The van der Waals surface area contributed by atoms with Crippen molar-refractivity contribution in [2.75, 3.05) is 6.61 Å². The highest BCUT2D eigenvalue weighted by molar-refractivity contribution is 6.32. The second kappa shape index (κ2) is 9.75. The summed E-state index contributed by atoms with van der Waals surface area (Å²) >= 11 is 6.34. The second-order valence-corrected chi connectivity index (χ2v) is 7.83. The molecule has 1 fully saturated rings. The monoisotopic (exact) mass is 432 g/mol. The van der Waals surface area contributed by atoms with Gasteiger partial charge in [-0.05, 0) is 32.3 Å². The summed E-state index contributed by atoms with van der Waals surface area (Å²) < 4.78 is 6.54. The summed E-state index contributed by atoms with van der Waals surface area (Å²) in [5.41, 5.74) is 2.63. The molecule has 0 unspecified atom stereocenters. The summed E-state index contributed by atoms with van der Waals surface area (Å²) in [7, 11) is 0. The number of halogens is 1. The third kappa shape index (κ3) is 5.60. The smallest absolute Gasteiger partial charge is 0.343 e. The second-order valence-electron chi connectivity index (χ2n) is 7.47. The summed E-state index contributed by atoms with van der Waals surface area (Å²) in [5.74, 6) is -1.47. The van der Waals surface area contributed by atoms with Crippen molar-refractivity contribution < 1.29 is 19.1 Å². The topological polar surface area (TPSA) is 102 Å². The maximum atomic E-state index is 12.4. The fourth-order valence-corrected chi connectivity index (χ4v) is 3.73. The van der Waals surface area contributed by atoms with Crippen molar-refractivity contribution in [2.45, 2.75) is 52.1 Å². The molecule has 1 aromatic heterocycles. The summed E-state index contributed by atoms with van der Waals surface area (Å²) in [4.78, 5) is 36.1. The fraction of sp³-hybridized carbons (Fsp3) is 0.429. The molecule has 0 aliphatic heterocycles. The van der Waals surface area contributed by atoms with Gasteiger partial charge in [-0.15, -0.1) is 0 Å². The van der Waals surface area contributed by atoms with E-state index in [0.717, 1.165) is 36.8 Å². The Kier molecular flexibility index (Phi) is 7.10. The first-order valence-corrected chi connectivity index (χ1v) is 10.3. The molecule has 1 heterocycles. The van der Waals surface area contributed by atoms with Gasteiger partial charge in [0, 0.05) is 6.04 Å². The van der Waals surface area contributed by atoms with Crippen molar-refractivity contribution in [3.8, 4) is 0 Å². The number of aryl methyl sites for hydroxylation is 2. The number of imide groups is 1. The van der Waals surface area contributed by atoms with Gasteiger partial charge in [0.25, 0.3) is 5.91 Å². The number of ether oxygens (including phenoxy) is 1. The number of carbonyl (C=O) groups is 3. The van der Waals surface area contributed by atoms with E-state index < -0.39 is 24.5 Å². The molecule has 30 heavy (non-hydrogen) atoms. The first-order chi connectivity index (χ1) is 14.3. The van der Waals surface area contributed by atoms with E-state index in [1.807, 2.05) is 31.2 Å². The zero-order chi connectivity index (χ0) is 21.7. The van der Waals surface area contributed by atoms with Crippen molar-refractivity contribution >= 4 is 29.5 Å². The van der Waals surface area contributed by atoms with Crippen molar-refractivity contribution in [3.05, 3.63) is 51.8 Å². The van der Waals surface area contributed by atoms with E-state index in [0.29, 0.717) is 12.2 Å². The van der Waals surface area contributed by atoms with Crippen LogP contribution in [0.25, 0.3) is 0 Å². The number of carbonyl (C=O) groups excluding carboxylic acids is 3. The highest BCUT2D eigenvalue weighted by atomic mass is 35.5. The highest BCUT2D eigenvalue weighted by Gasteiger charge is 2.23. The Morgan fingerprint density at radius 2 is 1.83 bits per heavy atom. The largest absolute Gasteiger partial charge is 0.452 e. The Labute approximate surface area is 179 Å². The van der Waals surface area contributed by atoms with Gasteiger partial charge in [-0.1, -0.05) is 54.3 Å². The third-order valence-corrected chi connectivity index (χ3v) is 5.38. The van der Waals surface area contributed by atoms with Crippen LogP contribution >= 0.6 is 11.6 Å². The number of nitrogens with one attached hydrogen (secondary N) is 2. The first kappa shape index (κ1) is 21.8. The lowest BCUT2D eigenvalue weighted by molar-refractivity contribution is -0.123. The van der Waals surface area contributed by atoms with E-state index in [9.17, 15) is 14.4 Å². The maximum Gasteiger partial charge on any atom is 0.343 e. The molecule has 0 atom stereocenters. The number of benzene rings is 1. The molecule has 8 nitrogen and oxygen atoms in total. The van der Waals surface area contributed by atoms with Crippen LogP contribution in [-0.4, -0.2) is 40.3 Å². The van der Waals surface area contributed by atoms with Gasteiger partial charge in [0.1, 0.15) is 10.7 Å². The predicted octanol–water partition coefficient (Wildman–Crippen LogP) is 3.13. The van der Waals surface area contributed by atoms with Crippen LogP contribution in [0, 0.1) is 13.8 Å². The molecule has 3 amide bonds. The van der Waals surface area contributed by atoms with Crippen LogP contribution in [0.15, 0.2) is 24.3 Å². The molecule has 0 radical (unpaired) electrons. The Hall–Kier alpha value is -2.87. The molecule has 2 aromatic rings. The summed E-state index contributed by atoms with van der Waals surface area (Å²) in [6.45, 7) is 3.45. The van der Waals surface area contributed by atoms with Crippen molar-refractivity contribution in [1.82, 2.24) is 20.4 Å². The molecule has 3 rings (SSSR count). The van der Waals surface area contributed by atoms with Gasteiger partial charge in [-0.3, -0.25) is 10.1 Å². The van der Waals surface area contributed by atoms with Gasteiger partial charge in [0.15, 0.2) is 6.61 Å². The van der Waals surface area contributed by atoms with Crippen molar-refractivity contribution in [1.29, 1.82) is 0 Å². The number of amides is 3. The van der Waals surface area contributed by atoms with Gasteiger partial charge in [-0.25, -0.2) is 14.3 Å². The number of hydrogen-bond acceptors (Lipinski definition) is 5. The van der Waals surface area contributed by atoms with Crippen LogP contribution in [0.2, 0.25) is 5.15 Å². The minimum absolute atomic E-state index is 0.0844. The van der Waals surface area contributed by atoms with Crippen LogP contribution in [0.1, 0.15) is 52.9 Å². The molecule has 1 saturated carbocycles. The normalized spacial score (nSPS) is 13.8. The van der Waals surface area contributed by atoms with E-state index in [1.54, 1.807) is 6.92 Å². The minimum Gasteiger partial charge on any atom is -0.452 e. The van der Waals surface area contributed by atoms with Crippen LogP contribution in [-0.2, 0) is 16.1 Å². The molecule has 2 N–H and O–H groups in total. The zero-order valence-corrected chi connectivity index (χ0v) is 17.8. The molecule has 0 spiro atoms. The Morgan fingerprint density at radius 3 is 2.50 bits per heavy atom. The number of esters is 1. The number of nitrogens with zero attached hydrogens (tertiary/aromatic N) is 2. The van der Waals surface area contributed by atoms with Crippen molar-refractivity contribution in [3.63, 3.8) is 0 Å². The predicted molar refractivity (Wildman–Crippen MR) is 111 cm³/mol. The summed E-state index contributed by atoms with van der Waals surface area (Å²) in [6, 6.07) is 7.39. The highest BCUT2D eigenvalue weighted by Crippen LogP contribution is 2.22. The lowest BCUT2D eigenvalue weighted by Crippen LogP contribution is -2.45. The molecule has 0 saturated heterocycles. The van der Waals surface area contributed by atoms with Crippen LogP contribution in [0.4, 0.5) is 4.79 Å². The minimum atomic E-state index is -0.765. The van der Waals surface area contributed by atoms with Crippen LogP contribution < -0.4 is 10.6 Å². The molecule has 1 aliphatic rings. The number of rotatable bonds is 6. The average molecular weight is 433 g/mol. The molecule has 1 aromatic carbocycles. The summed E-state index contributed by atoms with van der Waals surface area (Å²) in [5, 5.41) is 9.33. The van der Waals surface area contributed by atoms with E-state index in [1.165, 1.54) is 4.68 Å². The van der Waals surface area contributed by atoms with E-state index >= 15 is 0 Å². The van der Waals surface area contributed by atoms with Gasteiger partial charge in [-0.2, -0.15) is 5.10 Å². The number of aromatic nitrogens is 2. The van der Waals surface area contributed by atoms with E-state index in [4.69, 9.17) is 16.3 Å². The van der Waals surface area contributed by atoms with Crippen LogP contribution in [0.3, 0.4) is 0 Å². The average Bonchev–Trinajstić information content (AvgIpc) is 3.29. The molecule has 160 valence electrons. The SMILES string of the molecule is Cc1ccc(Cn2nc(C)c(C(=O)OCC(=O)NC(=O)NC3CCCC3)c2Cl)cc1. The molecular weight excluding hydrogens is 408 g/mol. The maximum absolute atomic E-state index is 12.4. The van der Waals surface area contributed by atoms with Crippen molar-refractivity contribution in [2.24, 2.45) is 0 Å². The lowest BCUT2D eigenvalue weighted by Gasteiger charge is -2.12. The number of hydrogen-bond donors (Lipinski definition) is 2. The molecule has 0 bridgehead atoms. The van der Waals surface area contributed by atoms with E-state index in [-0.39, 0.29) is 16.8 Å². The van der Waals surface area contributed by atoms with Gasteiger partial charge >= 0.3 is 12.0 Å². The number of urea groups is 1. The third-order valence-electron chi connectivity index (χ3n) is 5.00. The molecule has 1 aliphatic carbocycles. The Bertz CT molecular complexity index is 933. The molecular formula is C21H25ClN4O4. The van der Waals surface area contributed by atoms with Gasteiger partial charge in [0.05, 0.1) is 12.2 Å². The van der Waals surface area contributed by atoms with E-state index in [2.05, 4.69) is 15.7 Å². The first-order valence-electron chi connectivity index (χ1n) is 9.89.